The van der Waals surface area contributed by atoms with Crippen LogP contribution < -0.4 is 10.5 Å². The molecule has 5 nitrogen and oxygen atoms in total. The number of aliphatic hydroxyl groups excluding tert-OH is 1. The summed E-state index contributed by atoms with van der Waals surface area (Å²) in [6.45, 7) is 0.945. The maximum atomic E-state index is 11.4. The van der Waals surface area contributed by atoms with Gasteiger partial charge in [0.1, 0.15) is 12.4 Å². The smallest absolute Gasteiger partial charge is 0.305 e. The summed E-state index contributed by atoms with van der Waals surface area (Å²) in [5, 5.41) is 11.3. The summed E-state index contributed by atoms with van der Waals surface area (Å²) in [5.74, 6) is 0.378. The molecule has 0 heterocycles. The summed E-state index contributed by atoms with van der Waals surface area (Å²) in [4.78, 5) is 11.4. The number of nitrogens with two attached hydrogens (primary N) is 1. The van der Waals surface area contributed by atoms with Crippen molar-refractivity contribution >= 4 is 40.8 Å². The van der Waals surface area contributed by atoms with E-state index >= 15 is 0 Å². The number of unbranched alkanes of at least 4 members (excludes halogenated alkanes) is 1. The lowest BCUT2D eigenvalue weighted by atomic mass is 9.92. The molecule has 8 heteroatoms. The quantitative estimate of drug-likeness (QED) is 0.216. The van der Waals surface area contributed by atoms with E-state index in [0.29, 0.717) is 41.8 Å². The number of aliphatic hydroxyl groups is 1. The van der Waals surface area contributed by atoms with Crippen LogP contribution in [0.25, 0.3) is 0 Å². The topological polar surface area (TPSA) is 81.8 Å². The van der Waals surface area contributed by atoms with E-state index in [1.54, 1.807) is 18.2 Å². The van der Waals surface area contributed by atoms with Gasteiger partial charge in [-0.15, -0.1) is 11.6 Å². The standard InChI is InChI=1S/C21H28Cl3NO4/c22-14-9-15(23)11-16(10-14)29-13-18-17(19(24)12-20(18)26)5-3-1-2-4-6-21(27)28-8-7-25/h1,3,9-11,17-20,26H,2,4-8,12-13,25H2/b3-1-/t17-,18-,19-,20-/m1/s1. The molecule has 1 fully saturated rings. The fourth-order valence-corrected chi connectivity index (χ4v) is 4.45. The number of alkyl halides is 1. The highest BCUT2D eigenvalue weighted by atomic mass is 35.5. The fraction of sp³-hybridized carbons (Fsp3) is 0.571. The first-order valence-electron chi connectivity index (χ1n) is 9.82. The van der Waals surface area contributed by atoms with E-state index < -0.39 is 6.10 Å². The van der Waals surface area contributed by atoms with Crippen LogP contribution in [0.1, 0.15) is 32.1 Å². The Labute approximate surface area is 187 Å². The predicted molar refractivity (Wildman–Crippen MR) is 117 cm³/mol. The molecule has 0 spiro atoms. The van der Waals surface area contributed by atoms with Gasteiger partial charge in [0.15, 0.2) is 0 Å². The Morgan fingerprint density at radius 2 is 1.93 bits per heavy atom. The second-order valence-electron chi connectivity index (χ2n) is 7.17. The average molecular weight is 465 g/mol. The Morgan fingerprint density at radius 3 is 2.62 bits per heavy atom. The molecule has 0 saturated heterocycles. The summed E-state index contributed by atoms with van der Waals surface area (Å²) >= 11 is 18.5. The highest BCUT2D eigenvalue weighted by molar-refractivity contribution is 6.34. The largest absolute Gasteiger partial charge is 0.493 e. The second kappa shape index (κ2) is 12.7. The van der Waals surface area contributed by atoms with E-state index in [4.69, 9.17) is 50.0 Å². The molecular formula is C21H28Cl3NO4. The lowest BCUT2D eigenvalue weighted by Crippen LogP contribution is -2.27. The number of halogens is 3. The summed E-state index contributed by atoms with van der Waals surface area (Å²) < 4.78 is 10.8. The average Bonchev–Trinajstić information content (AvgIpc) is 2.93. The molecule has 0 amide bonds. The van der Waals surface area contributed by atoms with Gasteiger partial charge in [0, 0.05) is 34.3 Å². The molecule has 29 heavy (non-hydrogen) atoms. The van der Waals surface area contributed by atoms with Gasteiger partial charge >= 0.3 is 5.97 Å². The van der Waals surface area contributed by atoms with Gasteiger partial charge in [0.05, 0.1) is 12.7 Å². The van der Waals surface area contributed by atoms with Crippen LogP contribution in [-0.2, 0) is 9.53 Å². The molecule has 1 saturated carbocycles. The second-order valence-corrected chi connectivity index (χ2v) is 8.60. The van der Waals surface area contributed by atoms with Crippen molar-refractivity contribution in [2.45, 2.75) is 43.6 Å². The maximum absolute atomic E-state index is 11.4. The highest BCUT2D eigenvalue weighted by Crippen LogP contribution is 2.39. The molecule has 0 aliphatic heterocycles. The van der Waals surface area contributed by atoms with Gasteiger partial charge in [-0.05, 0) is 49.8 Å². The highest BCUT2D eigenvalue weighted by Gasteiger charge is 2.41. The van der Waals surface area contributed by atoms with Gasteiger partial charge in [-0.2, -0.15) is 0 Å². The van der Waals surface area contributed by atoms with Crippen molar-refractivity contribution in [3.63, 3.8) is 0 Å². The number of hydrogen-bond donors (Lipinski definition) is 2. The first-order valence-corrected chi connectivity index (χ1v) is 11.0. The first kappa shape index (κ1) is 24.3. The number of carbonyl (C=O) groups is 1. The van der Waals surface area contributed by atoms with Crippen molar-refractivity contribution in [3.8, 4) is 5.75 Å². The molecule has 1 aromatic rings. The summed E-state index contributed by atoms with van der Waals surface area (Å²) in [7, 11) is 0. The molecular weight excluding hydrogens is 437 g/mol. The van der Waals surface area contributed by atoms with E-state index in [-0.39, 0.29) is 29.8 Å². The lowest BCUT2D eigenvalue weighted by molar-refractivity contribution is -0.143. The Bertz CT molecular complexity index is 666. The van der Waals surface area contributed by atoms with Gasteiger partial charge in [-0.25, -0.2) is 0 Å². The molecule has 1 aliphatic rings. The van der Waals surface area contributed by atoms with Crippen LogP contribution in [0.2, 0.25) is 10.0 Å². The van der Waals surface area contributed by atoms with E-state index in [9.17, 15) is 9.90 Å². The van der Waals surface area contributed by atoms with Crippen LogP contribution in [0.15, 0.2) is 30.4 Å². The van der Waals surface area contributed by atoms with Crippen LogP contribution in [0.4, 0.5) is 0 Å². The molecule has 1 aromatic carbocycles. The Balaban J connectivity index is 1.79. The van der Waals surface area contributed by atoms with Crippen LogP contribution in [0.5, 0.6) is 5.75 Å². The zero-order valence-electron chi connectivity index (χ0n) is 16.2. The van der Waals surface area contributed by atoms with Crippen molar-refractivity contribution in [3.05, 3.63) is 40.4 Å². The molecule has 2 rings (SSSR count). The number of carbonyl (C=O) groups excluding carboxylic acids is 1. The van der Waals surface area contributed by atoms with Crippen LogP contribution >= 0.6 is 34.8 Å². The van der Waals surface area contributed by atoms with Crippen LogP contribution in [0, 0.1) is 11.8 Å². The molecule has 1 aliphatic carbocycles. The van der Waals surface area contributed by atoms with Crippen LogP contribution in [0.3, 0.4) is 0 Å². The normalized spacial score (nSPS) is 24.2. The molecule has 0 bridgehead atoms. The van der Waals surface area contributed by atoms with E-state index in [1.807, 2.05) is 6.08 Å². The third-order valence-corrected chi connectivity index (χ3v) is 5.90. The fourth-order valence-electron chi connectivity index (χ4n) is 3.48. The van der Waals surface area contributed by atoms with E-state index in [2.05, 4.69) is 6.08 Å². The van der Waals surface area contributed by atoms with Crippen LogP contribution in [-0.4, -0.2) is 42.3 Å². The molecule has 3 N–H and O–H groups in total. The number of allylic oxidation sites excluding steroid dienone is 2. The molecule has 0 unspecified atom stereocenters. The molecule has 0 aromatic heterocycles. The van der Waals surface area contributed by atoms with Gasteiger partial charge in [0.2, 0.25) is 0 Å². The van der Waals surface area contributed by atoms with Crippen molar-refractivity contribution in [1.82, 2.24) is 0 Å². The minimum absolute atomic E-state index is 0.0776. The number of esters is 1. The Kier molecular flexibility index (Phi) is 10.6. The summed E-state index contributed by atoms with van der Waals surface area (Å²) in [6.07, 6.45) is 6.75. The zero-order chi connectivity index (χ0) is 21.2. The minimum atomic E-state index is -0.511. The minimum Gasteiger partial charge on any atom is -0.493 e. The third kappa shape index (κ3) is 8.35. The van der Waals surface area contributed by atoms with Crippen molar-refractivity contribution in [2.24, 2.45) is 17.6 Å². The van der Waals surface area contributed by atoms with Crippen molar-refractivity contribution < 1.29 is 19.4 Å². The third-order valence-electron chi connectivity index (χ3n) is 4.96. The van der Waals surface area contributed by atoms with E-state index in [0.717, 1.165) is 19.3 Å². The monoisotopic (exact) mass is 463 g/mol. The summed E-state index contributed by atoms with van der Waals surface area (Å²) in [5.41, 5.74) is 5.29. The van der Waals surface area contributed by atoms with Gasteiger partial charge in [-0.3, -0.25) is 4.79 Å². The lowest BCUT2D eigenvalue weighted by Gasteiger charge is -2.22. The van der Waals surface area contributed by atoms with Crippen molar-refractivity contribution in [2.75, 3.05) is 19.8 Å². The number of benzene rings is 1. The maximum Gasteiger partial charge on any atom is 0.305 e. The predicted octanol–water partition coefficient (Wildman–Crippen LogP) is 4.60. The Hall–Kier alpha value is -0.980. The Morgan fingerprint density at radius 1 is 1.21 bits per heavy atom. The summed E-state index contributed by atoms with van der Waals surface area (Å²) in [6, 6.07) is 5.03. The first-order chi connectivity index (χ1) is 13.9. The van der Waals surface area contributed by atoms with E-state index in [1.165, 1.54) is 0 Å². The van der Waals surface area contributed by atoms with Crippen molar-refractivity contribution in [1.29, 1.82) is 0 Å². The van der Waals surface area contributed by atoms with Gasteiger partial charge < -0.3 is 20.3 Å². The molecule has 4 atom stereocenters. The van der Waals surface area contributed by atoms with Gasteiger partial charge in [-0.1, -0.05) is 35.4 Å². The SMILES string of the molecule is NCCOC(=O)CCC/C=C\C[C@@H]1[C@@H](COc2cc(Cl)cc(Cl)c2)[C@H](O)C[C@H]1Cl. The molecule has 162 valence electrons. The number of hydrogen-bond acceptors (Lipinski definition) is 5. The zero-order valence-corrected chi connectivity index (χ0v) is 18.5. The number of ether oxygens (including phenoxy) is 2. The number of rotatable bonds is 11. The van der Waals surface area contributed by atoms with Gasteiger partial charge in [0.25, 0.3) is 0 Å². The molecule has 0 radical (unpaired) electrons.